The van der Waals surface area contributed by atoms with Crippen LogP contribution in [0, 0.1) is 0 Å². The minimum Gasteiger partial charge on any atom is -0.309 e. The minimum atomic E-state index is 1.14. The van der Waals surface area contributed by atoms with E-state index in [1.807, 2.05) is 0 Å². The molecular weight excluding hydrogens is 687 g/mol. The second kappa shape index (κ2) is 13.7. The van der Waals surface area contributed by atoms with Gasteiger partial charge < -0.3 is 4.57 Å². The van der Waals surface area contributed by atoms with Gasteiger partial charge in [-0.2, -0.15) is 0 Å². The molecule has 1 heterocycles. The molecule has 0 spiro atoms. The Labute approximate surface area is 332 Å². The van der Waals surface area contributed by atoms with E-state index >= 15 is 0 Å². The molecule has 0 N–H and O–H groups in total. The monoisotopic (exact) mass is 723 g/mol. The lowest BCUT2D eigenvalue weighted by molar-refractivity contribution is 1.18. The topological polar surface area (TPSA) is 4.93 Å². The molecule has 10 aromatic carbocycles. The second-order valence-electron chi connectivity index (χ2n) is 14.9. The van der Waals surface area contributed by atoms with Crippen LogP contribution in [0.4, 0.5) is 0 Å². The van der Waals surface area contributed by atoms with Crippen LogP contribution in [0.15, 0.2) is 224 Å². The number of hydrogen-bond acceptors (Lipinski definition) is 0. The van der Waals surface area contributed by atoms with Crippen LogP contribution in [-0.4, -0.2) is 4.57 Å². The number of benzene rings is 10. The summed E-state index contributed by atoms with van der Waals surface area (Å²) in [7, 11) is 0. The lowest BCUT2D eigenvalue weighted by Gasteiger charge is -2.19. The van der Waals surface area contributed by atoms with Crippen LogP contribution in [-0.2, 0) is 0 Å². The molecule has 0 saturated heterocycles. The highest BCUT2D eigenvalue weighted by Gasteiger charge is 2.19. The summed E-state index contributed by atoms with van der Waals surface area (Å²) in [6.07, 6.45) is 0. The Morgan fingerprint density at radius 2 is 0.544 bits per heavy atom. The highest BCUT2D eigenvalue weighted by molar-refractivity contribution is 6.22. The first kappa shape index (κ1) is 32.9. The molecule has 57 heavy (non-hydrogen) atoms. The van der Waals surface area contributed by atoms with Crippen LogP contribution in [0.2, 0.25) is 0 Å². The van der Waals surface area contributed by atoms with Crippen LogP contribution in [0.3, 0.4) is 0 Å². The number of fused-ring (bicyclic) bond motifs is 5. The van der Waals surface area contributed by atoms with Gasteiger partial charge in [-0.25, -0.2) is 0 Å². The molecule has 0 amide bonds. The molecule has 0 fully saturated rings. The molecule has 0 aliphatic rings. The molecule has 266 valence electrons. The van der Waals surface area contributed by atoms with Gasteiger partial charge in [-0.05, 0) is 120 Å². The Bertz CT molecular complexity index is 3140. The van der Waals surface area contributed by atoms with Crippen molar-refractivity contribution in [3.05, 3.63) is 224 Å². The van der Waals surface area contributed by atoms with Gasteiger partial charge in [0.1, 0.15) is 0 Å². The Hall–Kier alpha value is -7.48. The van der Waals surface area contributed by atoms with Gasteiger partial charge in [0.15, 0.2) is 0 Å². The van der Waals surface area contributed by atoms with Gasteiger partial charge in [-0.1, -0.05) is 182 Å². The molecule has 0 atom stereocenters. The van der Waals surface area contributed by atoms with Crippen LogP contribution >= 0.6 is 0 Å². The second-order valence-corrected chi connectivity index (χ2v) is 14.9. The lowest BCUT2D eigenvalue weighted by Crippen LogP contribution is -1.95. The van der Waals surface area contributed by atoms with Crippen LogP contribution in [0.25, 0.3) is 105 Å². The van der Waals surface area contributed by atoms with Crippen molar-refractivity contribution in [2.75, 3.05) is 0 Å². The molecule has 11 rings (SSSR count). The van der Waals surface area contributed by atoms with Crippen LogP contribution in [0.1, 0.15) is 0 Å². The highest BCUT2D eigenvalue weighted by Crippen LogP contribution is 2.45. The van der Waals surface area contributed by atoms with Crippen molar-refractivity contribution in [3.63, 3.8) is 0 Å². The molecule has 1 nitrogen and oxygen atoms in total. The summed E-state index contributed by atoms with van der Waals surface area (Å²) < 4.78 is 2.43. The fraction of sp³-hybridized carbons (Fsp3) is 0. The molecule has 0 unspecified atom stereocenters. The first-order chi connectivity index (χ1) is 28.3. The largest absolute Gasteiger partial charge is 0.309 e. The molecular formula is C56H37N. The van der Waals surface area contributed by atoms with E-state index in [0.29, 0.717) is 0 Å². The van der Waals surface area contributed by atoms with E-state index in [-0.39, 0.29) is 0 Å². The summed E-state index contributed by atoms with van der Waals surface area (Å²) >= 11 is 0. The molecule has 1 heteroatoms. The standard InChI is InChI=1S/C56H37N/c1-5-15-38(16-6-1)43-27-32-49-52(37-43)56(41-21-11-4-12-22-41)48-24-14-13-23-47(48)55(49)42-25-30-46(31-26-42)57-53-33-28-44(39-17-7-2-8-18-39)35-50(53)51-36-45(29-34-54(51)57)40-19-9-3-10-20-40/h1-37H. The van der Waals surface area contributed by atoms with Gasteiger partial charge in [0.2, 0.25) is 0 Å². The van der Waals surface area contributed by atoms with Crippen LogP contribution in [0.5, 0.6) is 0 Å². The number of aromatic nitrogens is 1. The summed E-state index contributed by atoms with van der Waals surface area (Å²) in [4.78, 5) is 0. The Morgan fingerprint density at radius 1 is 0.211 bits per heavy atom. The Balaban J connectivity index is 1.12. The number of hydrogen-bond donors (Lipinski definition) is 0. The van der Waals surface area contributed by atoms with Crippen LogP contribution < -0.4 is 0 Å². The predicted molar refractivity (Wildman–Crippen MR) is 243 cm³/mol. The maximum absolute atomic E-state index is 2.43. The van der Waals surface area contributed by atoms with E-state index in [1.54, 1.807) is 0 Å². The van der Waals surface area contributed by atoms with Gasteiger partial charge >= 0.3 is 0 Å². The van der Waals surface area contributed by atoms with E-state index in [4.69, 9.17) is 0 Å². The third-order valence-electron chi connectivity index (χ3n) is 11.6. The van der Waals surface area contributed by atoms with E-state index in [2.05, 4.69) is 229 Å². The van der Waals surface area contributed by atoms with Gasteiger partial charge in [-0.3, -0.25) is 0 Å². The van der Waals surface area contributed by atoms with Crippen molar-refractivity contribution in [2.45, 2.75) is 0 Å². The third kappa shape index (κ3) is 5.63. The van der Waals surface area contributed by atoms with Crippen molar-refractivity contribution in [2.24, 2.45) is 0 Å². The number of nitrogens with zero attached hydrogens (tertiary/aromatic N) is 1. The zero-order valence-electron chi connectivity index (χ0n) is 31.3. The molecule has 0 saturated carbocycles. The van der Waals surface area contributed by atoms with E-state index in [9.17, 15) is 0 Å². The lowest BCUT2D eigenvalue weighted by atomic mass is 9.85. The fourth-order valence-corrected chi connectivity index (χ4v) is 8.91. The van der Waals surface area contributed by atoms with Gasteiger partial charge in [0.25, 0.3) is 0 Å². The van der Waals surface area contributed by atoms with E-state index in [1.165, 1.54) is 99.0 Å². The Kier molecular flexibility index (Phi) is 7.89. The van der Waals surface area contributed by atoms with E-state index in [0.717, 1.165) is 5.69 Å². The van der Waals surface area contributed by atoms with Crippen molar-refractivity contribution >= 4 is 43.4 Å². The molecule has 0 aliphatic heterocycles. The molecule has 0 radical (unpaired) electrons. The molecule has 1 aromatic heterocycles. The predicted octanol–water partition coefficient (Wildman–Crippen LogP) is 15.4. The summed E-state index contributed by atoms with van der Waals surface area (Å²) in [6, 6.07) is 81.9. The van der Waals surface area contributed by atoms with Crippen molar-refractivity contribution in [1.29, 1.82) is 0 Å². The summed E-state index contributed by atoms with van der Waals surface area (Å²) in [5.41, 5.74) is 15.8. The summed E-state index contributed by atoms with van der Waals surface area (Å²) in [5, 5.41) is 7.51. The minimum absolute atomic E-state index is 1.14. The maximum Gasteiger partial charge on any atom is 0.0541 e. The summed E-state index contributed by atoms with van der Waals surface area (Å²) in [6.45, 7) is 0. The third-order valence-corrected chi connectivity index (χ3v) is 11.6. The first-order valence-electron chi connectivity index (χ1n) is 19.7. The maximum atomic E-state index is 2.43. The van der Waals surface area contributed by atoms with Gasteiger partial charge in [-0.15, -0.1) is 0 Å². The molecule has 0 bridgehead atoms. The zero-order valence-corrected chi connectivity index (χ0v) is 31.3. The van der Waals surface area contributed by atoms with Crippen molar-refractivity contribution in [1.82, 2.24) is 4.57 Å². The van der Waals surface area contributed by atoms with Crippen molar-refractivity contribution in [3.8, 4) is 61.3 Å². The summed E-state index contributed by atoms with van der Waals surface area (Å²) in [5.74, 6) is 0. The van der Waals surface area contributed by atoms with E-state index < -0.39 is 0 Å². The zero-order chi connectivity index (χ0) is 37.7. The first-order valence-corrected chi connectivity index (χ1v) is 19.7. The Morgan fingerprint density at radius 3 is 1.02 bits per heavy atom. The quantitative estimate of drug-likeness (QED) is 0.151. The smallest absolute Gasteiger partial charge is 0.0541 e. The SMILES string of the molecule is c1ccc(-c2ccc3c(-c4ccc(-n5c6ccc(-c7ccccc7)cc6c6cc(-c7ccccc7)ccc65)cc4)c4ccccc4c(-c4ccccc4)c3c2)cc1. The normalized spacial score (nSPS) is 11.5. The average molecular weight is 724 g/mol. The van der Waals surface area contributed by atoms with Crippen molar-refractivity contribution < 1.29 is 0 Å². The highest BCUT2D eigenvalue weighted by atomic mass is 15.0. The van der Waals surface area contributed by atoms with Gasteiger partial charge in [0.05, 0.1) is 11.0 Å². The molecule has 0 aliphatic carbocycles. The fourth-order valence-electron chi connectivity index (χ4n) is 8.91. The number of rotatable bonds is 6. The average Bonchev–Trinajstić information content (AvgIpc) is 3.62. The molecule has 11 aromatic rings. The van der Waals surface area contributed by atoms with Gasteiger partial charge in [0, 0.05) is 16.5 Å².